The van der Waals surface area contributed by atoms with E-state index in [4.69, 9.17) is 9.88 Å². The van der Waals surface area contributed by atoms with Gasteiger partial charge in [0.25, 0.3) is 5.91 Å². The first-order valence-electron chi connectivity index (χ1n) is 5.69. The third kappa shape index (κ3) is 4.13. The molecule has 1 amide bonds. The molecule has 116 valence electrons. The Morgan fingerprint density at radius 2 is 2.00 bits per heavy atom. The second kappa shape index (κ2) is 6.06. The molecule has 1 aromatic carbocycles. The van der Waals surface area contributed by atoms with Crippen LogP contribution in [0.4, 0.5) is 5.69 Å². The molecule has 0 aliphatic heterocycles. The van der Waals surface area contributed by atoms with Gasteiger partial charge in [-0.1, -0.05) is 0 Å². The van der Waals surface area contributed by atoms with Gasteiger partial charge in [-0.25, -0.2) is 13.6 Å². The van der Waals surface area contributed by atoms with E-state index in [0.29, 0.717) is 0 Å². The normalized spacial score (nSPS) is 11.0. The summed E-state index contributed by atoms with van der Waals surface area (Å²) in [4.78, 5) is 22.5. The molecule has 1 aromatic rings. The molecule has 1 rings (SSSR count). The maximum absolute atomic E-state index is 11.4. The van der Waals surface area contributed by atoms with Crippen LogP contribution in [0.25, 0.3) is 0 Å². The molecule has 0 aliphatic rings. The molecule has 0 aromatic heterocycles. The van der Waals surface area contributed by atoms with Crippen molar-refractivity contribution in [2.45, 2.75) is 11.8 Å². The number of carbonyl (C=O) groups excluding carboxylic acids is 1. The van der Waals surface area contributed by atoms with Crippen LogP contribution >= 0.6 is 0 Å². The monoisotopic (exact) mass is 317 g/mol. The van der Waals surface area contributed by atoms with Crippen LogP contribution in [0, 0.1) is 17.0 Å². The zero-order valence-corrected chi connectivity index (χ0v) is 12.5. The van der Waals surface area contributed by atoms with Crippen molar-refractivity contribution in [3.05, 3.63) is 27.8 Å². The van der Waals surface area contributed by atoms with E-state index < -0.39 is 33.1 Å². The predicted octanol–water partition coefficient (Wildman–Crippen LogP) is 0.0176. The lowest BCUT2D eigenvalue weighted by Gasteiger charge is -2.12. The second-order valence-corrected chi connectivity index (χ2v) is 5.99. The fraction of sp³-hybridized carbons (Fsp3) is 0.364. The van der Waals surface area contributed by atoms with Crippen molar-refractivity contribution < 1.29 is 22.9 Å². The average molecular weight is 317 g/mol. The number of hydrogen-bond donors (Lipinski definition) is 1. The summed E-state index contributed by atoms with van der Waals surface area (Å²) in [6.45, 7) is 1.02. The number of nitro benzene ring substituents is 1. The third-order valence-corrected chi connectivity index (χ3v) is 3.66. The highest BCUT2D eigenvalue weighted by molar-refractivity contribution is 7.89. The maximum atomic E-state index is 11.4. The number of aryl methyl sites for hydroxylation is 1. The lowest BCUT2D eigenvalue weighted by Crippen LogP contribution is -2.27. The fourth-order valence-electron chi connectivity index (χ4n) is 1.48. The Kier molecular flexibility index (Phi) is 4.86. The molecule has 2 N–H and O–H groups in total. The predicted molar refractivity (Wildman–Crippen MR) is 73.4 cm³/mol. The van der Waals surface area contributed by atoms with E-state index in [1.807, 2.05) is 0 Å². The number of nitro groups is 1. The molecule has 0 fully saturated rings. The Labute approximate surface area is 121 Å². The fourth-order valence-corrected chi connectivity index (χ4v) is 2.27. The summed E-state index contributed by atoms with van der Waals surface area (Å²) in [6.07, 6.45) is 0. The molecule has 0 spiro atoms. The van der Waals surface area contributed by atoms with Crippen molar-refractivity contribution in [3.8, 4) is 5.75 Å². The van der Waals surface area contributed by atoms with Gasteiger partial charge in [0.15, 0.2) is 12.4 Å². The molecule has 21 heavy (non-hydrogen) atoms. The smallest absolute Gasteiger partial charge is 0.312 e. The van der Waals surface area contributed by atoms with Crippen LogP contribution in [-0.4, -0.2) is 44.9 Å². The van der Waals surface area contributed by atoms with E-state index in [2.05, 4.69) is 0 Å². The average Bonchev–Trinajstić information content (AvgIpc) is 2.33. The SMILES string of the molecule is Cc1cc(OCC(=O)N(C)C)c([N+](=O)[O-])cc1S(N)(=O)=O. The Bertz CT molecular complexity index is 683. The number of primary sulfonamides is 1. The first-order valence-corrected chi connectivity index (χ1v) is 7.23. The summed E-state index contributed by atoms with van der Waals surface area (Å²) in [5.74, 6) is -0.586. The van der Waals surface area contributed by atoms with E-state index in [1.54, 1.807) is 0 Å². The summed E-state index contributed by atoms with van der Waals surface area (Å²) in [5.41, 5.74) is -0.383. The minimum atomic E-state index is -4.09. The van der Waals surface area contributed by atoms with E-state index >= 15 is 0 Å². The van der Waals surface area contributed by atoms with Crippen LogP contribution in [-0.2, 0) is 14.8 Å². The number of rotatable bonds is 5. The third-order valence-electron chi connectivity index (χ3n) is 2.61. The highest BCUT2D eigenvalue weighted by atomic mass is 32.2. The topological polar surface area (TPSA) is 133 Å². The van der Waals surface area contributed by atoms with Gasteiger partial charge in [-0.3, -0.25) is 14.9 Å². The summed E-state index contributed by atoms with van der Waals surface area (Å²) in [6, 6.07) is 1.99. The lowest BCUT2D eigenvalue weighted by molar-refractivity contribution is -0.386. The largest absolute Gasteiger partial charge is 0.477 e. The van der Waals surface area contributed by atoms with E-state index in [1.165, 1.54) is 32.0 Å². The summed E-state index contributed by atoms with van der Waals surface area (Å²) in [7, 11) is -1.07. The number of carbonyl (C=O) groups is 1. The minimum absolute atomic E-state index is 0.190. The molecule has 0 aliphatic carbocycles. The second-order valence-electron chi connectivity index (χ2n) is 4.46. The van der Waals surface area contributed by atoms with Crippen LogP contribution in [0.5, 0.6) is 5.75 Å². The van der Waals surface area contributed by atoms with Crippen LogP contribution in [0.2, 0.25) is 0 Å². The molecule has 10 heteroatoms. The summed E-state index contributed by atoms with van der Waals surface area (Å²) < 4.78 is 27.8. The zero-order valence-electron chi connectivity index (χ0n) is 11.7. The minimum Gasteiger partial charge on any atom is -0.477 e. The van der Waals surface area contributed by atoms with Gasteiger partial charge in [0.2, 0.25) is 10.0 Å². The number of amides is 1. The van der Waals surface area contributed by atoms with Gasteiger partial charge in [0, 0.05) is 20.2 Å². The van der Waals surface area contributed by atoms with Crippen molar-refractivity contribution in [2.24, 2.45) is 5.14 Å². The van der Waals surface area contributed by atoms with Crippen LogP contribution in [0.3, 0.4) is 0 Å². The van der Waals surface area contributed by atoms with Crippen LogP contribution in [0.15, 0.2) is 17.0 Å². The van der Waals surface area contributed by atoms with Gasteiger partial charge in [0.1, 0.15) is 0 Å². The van der Waals surface area contributed by atoms with Crippen molar-refractivity contribution in [3.63, 3.8) is 0 Å². The Morgan fingerprint density at radius 1 is 1.43 bits per heavy atom. The van der Waals surface area contributed by atoms with Gasteiger partial charge in [-0.15, -0.1) is 0 Å². The Balaban J connectivity index is 3.24. The maximum Gasteiger partial charge on any atom is 0.312 e. The molecule has 0 saturated carbocycles. The Morgan fingerprint density at radius 3 is 2.43 bits per heavy atom. The van der Waals surface area contributed by atoms with Gasteiger partial charge in [-0.2, -0.15) is 0 Å². The molecule has 0 radical (unpaired) electrons. The van der Waals surface area contributed by atoms with Gasteiger partial charge < -0.3 is 9.64 Å². The number of likely N-dealkylation sites (N-methyl/N-ethyl adjacent to an activating group) is 1. The van der Waals surface area contributed by atoms with Gasteiger partial charge in [-0.05, 0) is 18.6 Å². The van der Waals surface area contributed by atoms with E-state index in [9.17, 15) is 23.3 Å². The summed E-state index contributed by atoms with van der Waals surface area (Å²) >= 11 is 0. The number of nitrogens with two attached hydrogens (primary N) is 1. The molecular formula is C11H15N3O6S. The van der Waals surface area contributed by atoms with Crippen molar-refractivity contribution >= 4 is 21.6 Å². The molecular weight excluding hydrogens is 302 g/mol. The van der Waals surface area contributed by atoms with Gasteiger partial charge in [0.05, 0.1) is 9.82 Å². The number of nitrogens with zero attached hydrogens (tertiary/aromatic N) is 2. The summed E-state index contributed by atoms with van der Waals surface area (Å²) in [5, 5.41) is 16.0. The quantitative estimate of drug-likeness (QED) is 0.601. The first kappa shape index (κ1) is 16.9. The van der Waals surface area contributed by atoms with Crippen molar-refractivity contribution in [1.82, 2.24) is 4.90 Å². The van der Waals surface area contributed by atoms with Crippen molar-refractivity contribution in [1.29, 1.82) is 0 Å². The number of benzene rings is 1. The van der Waals surface area contributed by atoms with Crippen molar-refractivity contribution in [2.75, 3.05) is 20.7 Å². The molecule has 0 heterocycles. The van der Waals surface area contributed by atoms with Crippen LogP contribution < -0.4 is 9.88 Å². The number of hydrogen-bond acceptors (Lipinski definition) is 6. The molecule has 0 unspecified atom stereocenters. The zero-order chi connectivity index (χ0) is 16.4. The van der Waals surface area contributed by atoms with Crippen LogP contribution in [0.1, 0.15) is 5.56 Å². The molecule has 0 bridgehead atoms. The van der Waals surface area contributed by atoms with E-state index in [-0.39, 0.29) is 16.2 Å². The number of sulfonamides is 1. The number of ether oxygens (including phenoxy) is 1. The first-order chi connectivity index (χ1) is 9.54. The standard InChI is InChI=1S/C11H15N3O6S/c1-7-4-9(20-6-11(15)13(2)3)8(14(16)17)5-10(7)21(12,18)19/h4-5H,6H2,1-3H3,(H2,12,18,19). The molecule has 0 atom stereocenters. The van der Waals surface area contributed by atoms with E-state index in [0.717, 1.165) is 6.07 Å². The molecule has 0 saturated heterocycles. The Hall–Kier alpha value is -2.20. The van der Waals surface area contributed by atoms with Gasteiger partial charge >= 0.3 is 5.69 Å². The highest BCUT2D eigenvalue weighted by Crippen LogP contribution is 2.32. The molecule has 9 nitrogen and oxygen atoms in total. The lowest BCUT2D eigenvalue weighted by atomic mass is 10.2. The highest BCUT2D eigenvalue weighted by Gasteiger charge is 2.23.